The summed E-state index contributed by atoms with van der Waals surface area (Å²) in [6.07, 6.45) is 0.758. The molecule has 0 fully saturated rings. The fraction of sp³-hybridized carbons (Fsp3) is 0.385. The van der Waals surface area contributed by atoms with Gasteiger partial charge in [0.05, 0.1) is 0 Å². The summed E-state index contributed by atoms with van der Waals surface area (Å²) in [6.45, 7) is 5.57. The quantitative estimate of drug-likeness (QED) is 0.863. The van der Waals surface area contributed by atoms with Crippen molar-refractivity contribution in [3.8, 4) is 0 Å². The zero-order valence-corrected chi connectivity index (χ0v) is 12.1. The average molecular weight is 310 g/mol. The first-order chi connectivity index (χ1) is 8.65. The van der Waals surface area contributed by atoms with Gasteiger partial charge in [-0.1, -0.05) is 33.2 Å². The van der Waals surface area contributed by atoms with E-state index in [2.05, 4.69) is 56.5 Å². The first-order valence-corrected chi connectivity index (χ1v) is 6.69. The van der Waals surface area contributed by atoms with E-state index in [0.29, 0.717) is 11.7 Å². The fourth-order valence-corrected chi connectivity index (χ4v) is 2.04. The molecule has 0 aliphatic rings. The average Bonchev–Trinajstić information content (AvgIpc) is 2.75. The van der Waals surface area contributed by atoms with Crippen molar-refractivity contribution in [1.29, 1.82) is 0 Å². The number of nitrogens with one attached hydrogen (secondary N) is 1. The van der Waals surface area contributed by atoms with Crippen molar-refractivity contribution < 1.29 is 4.52 Å². The first-order valence-electron chi connectivity index (χ1n) is 5.90. The van der Waals surface area contributed by atoms with Crippen molar-refractivity contribution in [1.82, 2.24) is 15.5 Å². The molecule has 5 heteroatoms. The molecule has 0 radical (unpaired) electrons. The second kappa shape index (κ2) is 6.11. The van der Waals surface area contributed by atoms with E-state index in [0.717, 1.165) is 24.0 Å². The molecule has 0 unspecified atom stereocenters. The summed E-state index contributed by atoms with van der Waals surface area (Å²) < 4.78 is 6.19. The van der Waals surface area contributed by atoms with Crippen LogP contribution in [0.5, 0.6) is 0 Å². The molecule has 0 aliphatic heterocycles. The molecule has 96 valence electrons. The highest BCUT2D eigenvalue weighted by atomic mass is 79.9. The predicted molar refractivity (Wildman–Crippen MR) is 73.3 cm³/mol. The Hall–Kier alpha value is -1.20. The van der Waals surface area contributed by atoms with Gasteiger partial charge in [-0.05, 0) is 31.0 Å². The van der Waals surface area contributed by atoms with E-state index >= 15 is 0 Å². The van der Waals surface area contributed by atoms with Crippen LogP contribution in [-0.2, 0) is 13.0 Å². The molecule has 4 nitrogen and oxygen atoms in total. The largest absolute Gasteiger partial charge is 0.339 e. The summed E-state index contributed by atoms with van der Waals surface area (Å²) in [5, 5.41) is 7.11. The molecule has 2 rings (SSSR count). The van der Waals surface area contributed by atoms with Crippen molar-refractivity contribution in [3.05, 3.63) is 45.5 Å². The molecule has 1 aromatic carbocycles. The Morgan fingerprint density at radius 3 is 2.83 bits per heavy atom. The van der Waals surface area contributed by atoms with Gasteiger partial charge in [-0.15, -0.1) is 0 Å². The van der Waals surface area contributed by atoms with Crippen LogP contribution in [-0.4, -0.2) is 16.7 Å². The molecule has 1 N–H and O–H groups in total. The minimum atomic E-state index is 0.685. The Morgan fingerprint density at radius 2 is 2.17 bits per heavy atom. The normalized spacial score (nSPS) is 10.8. The molecule has 0 spiro atoms. The van der Waals surface area contributed by atoms with Crippen molar-refractivity contribution >= 4 is 15.9 Å². The third kappa shape index (κ3) is 3.65. The van der Waals surface area contributed by atoms with Gasteiger partial charge < -0.3 is 9.84 Å². The van der Waals surface area contributed by atoms with Gasteiger partial charge in [-0.3, -0.25) is 0 Å². The van der Waals surface area contributed by atoms with E-state index < -0.39 is 0 Å². The topological polar surface area (TPSA) is 51.0 Å². The zero-order chi connectivity index (χ0) is 13.0. The molecule has 0 amide bonds. The Labute approximate surface area is 115 Å². The monoisotopic (exact) mass is 309 g/mol. The van der Waals surface area contributed by atoms with Crippen molar-refractivity contribution in [2.75, 3.05) is 6.54 Å². The molecule has 2 aromatic rings. The number of rotatable bonds is 5. The summed E-state index contributed by atoms with van der Waals surface area (Å²) >= 11 is 3.53. The fourth-order valence-electron chi connectivity index (χ4n) is 1.62. The van der Waals surface area contributed by atoms with Gasteiger partial charge in [0.1, 0.15) is 0 Å². The summed E-state index contributed by atoms with van der Waals surface area (Å²) in [6, 6.07) is 6.38. The van der Waals surface area contributed by atoms with Gasteiger partial charge in [0.25, 0.3) is 0 Å². The molecule has 0 saturated carbocycles. The van der Waals surface area contributed by atoms with Gasteiger partial charge in [0.2, 0.25) is 5.89 Å². The maximum Gasteiger partial charge on any atom is 0.227 e. The summed E-state index contributed by atoms with van der Waals surface area (Å²) in [4.78, 5) is 4.16. The molecule has 0 saturated heterocycles. The smallest absolute Gasteiger partial charge is 0.227 e. The number of halogens is 1. The van der Waals surface area contributed by atoms with Crippen LogP contribution in [0.4, 0.5) is 0 Å². The highest BCUT2D eigenvalue weighted by molar-refractivity contribution is 9.10. The van der Waals surface area contributed by atoms with E-state index in [1.807, 2.05) is 6.92 Å². The number of nitrogens with zero attached hydrogens (tertiary/aromatic N) is 2. The van der Waals surface area contributed by atoms with Crippen molar-refractivity contribution in [3.63, 3.8) is 0 Å². The Balaban J connectivity index is 1.76. The standard InChI is InChI=1S/C13H16BrN3O/c1-9-3-4-11(7-12(9)14)8-15-6-5-13-16-10(2)17-18-13/h3-4,7,15H,5-6,8H2,1-2H3. The van der Waals surface area contributed by atoms with Crippen LogP contribution >= 0.6 is 15.9 Å². The second-order valence-electron chi connectivity index (χ2n) is 4.25. The van der Waals surface area contributed by atoms with Crippen LogP contribution in [0.15, 0.2) is 27.2 Å². The second-order valence-corrected chi connectivity index (χ2v) is 5.10. The first kappa shape index (κ1) is 13.2. The Kier molecular flexibility index (Phi) is 4.49. The molecule has 0 aliphatic carbocycles. The maximum atomic E-state index is 5.04. The third-order valence-corrected chi connectivity index (χ3v) is 3.50. The number of aromatic nitrogens is 2. The molecule has 1 heterocycles. The minimum absolute atomic E-state index is 0.685. The Morgan fingerprint density at radius 1 is 1.33 bits per heavy atom. The van der Waals surface area contributed by atoms with Crippen LogP contribution in [0.1, 0.15) is 22.8 Å². The lowest BCUT2D eigenvalue weighted by Gasteiger charge is -2.05. The minimum Gasteiger partial charge on any atom is -0.339 e. The van der Waals surface area contributed by atoms with Crippen molar-refractivity contribution in [2.24, 2.45) is 0 Å². The Bertz CT molecular complexity index is 525. The number of hydrogen-bond donors (Lipinski definition) is 1. The number of aryl methyl sites for hydroxylation is 2. The van der Waals surface area contributed by atoms with Gasteiger partial charge in [-0.25, -0.2) is 0 Å². The van der Waals surface area contributed by atoms with Gasteiger partial charge in [-0.2, -0.15) is 4.98 Å². The van der Waals surface area contributed by atoms with Crippen LogP contribution in [0.2, 0.25) is 0 Å². The lowest BCUT2D eigenvalue weighted by molar-refractivity contribution is 0.372. The van der Waals surface area contributed by atoms with Crippen LogP contribution in [0.25, 0.3) is 0 Å². The third-order valence-electron chi connectivity index (χ3n) is 2.65. The highest BCUT2D eigenvalue weighted by Gasteiger charge is 2.02. The summed E-state index contributed by atoms with van der Waals surface area (Å²) in [7, 11) is 0. The van der Waals surface area contributed by atoms with E-state index in [9.17, 15) is 0 Å². The van der Waals surface area contributed by atoms with Gasteiger partial charge in [0.15, 0.2) is 5.82 Å². The van der Waals surface area contributed by atoms with E-state index in [4.69, 9.17) is 4.52 Å². The zero-order valence-electron chi connectivity index (χ0n) is 10.5. The van der Waals surface area contributed by atoms with Crippen LogP contribution < -0.4 is 5.32 Å². The molecule has 0 bridgehead atoms. The highest BCUT2D eigenvalue weighted by Crippen LogP contribution is 2.17. The number of hydrogen-bond acceptors (Lipinski definition) is 4. The number of benzene rings is 1. The van der Waals surface area contributed by atoms with Crippen LogP contribution in [0.3, 0.4) is 0 Å². The SMILES string of the molecule is Cc1noc(CCNCc2ccc(C)c(Br)c2)n1. The molecule has 18 heavy (non-hydrogen) atoms. The van der Waals surface area contributed by atoms with E-state index in [1.54, 1.807) is 0 Å². The lowest BCUT2D eigenvalue weighted by atomic mass is 10.1. The summed E-state index contributed by atoms with van der Waals surface area (Å²) in [5.41, 5.74) is 2.51. The summed E-state index contributed by atoms with van der Waals surface area (Å²) in [5.74, 6) is 1.37. The van der Waals surface area contributed by atoms with Crippen LogP contribution in [0, 0.1) is 13.8 Å². The lowest BCUT2D eigenvalue weighted by Crippen LogP contribution is -2.16. The van der Waals surface area contributed by atoms with E-state index in [1.165, 1.54) is 11.1 Å². The molecular formula is C13H16BrN3O. The van der Waals surface area contributed by atoms with Gasteiger partial charge in [0, 0.05) is 24.0 Å². The van der Waals surface area contributed by atoms with Gasteiger partial charge >= 0.3 is 0 Å². The van der Waals surface area contributed by atoms with Crippen molar-refractivity contribution in [2.45, 2.75) is 26.8 Å². The molecule has 1 aromatic heterocycles. The van der Waals surface area contributed by atoms with E-state index in [-0.39, 0.29) is 0 Å². The maximum absolute atomic E-state index is 5.04. The molecular weight excluding hydrogens is 294 g/mol. The predicted octanol–water partition coefficient (Wildman–Crippen LogP) is 2.78. The molecule has 0 atom stereocenters.